The van der Waals surface area contributed by atoms with Crippen LogP contribution in [0.2, 0.25) is 0 Å². The molecule has 0 saturated carbocycles. The number of likely N-dealkylation sites (tertiary alicyclic amines) is 1. The number of benzene rings is 1. The lowest BCUT2D eigenvalue weighted by atomic mass is 9.99. The van der Waals surface area contributed by atoms with Crippen LogP contribution < -0.4 is 0 Å². The lowest BCUT2D eigenvalue weighted by Gasteiger charge is -2.12. The van der Waals surface area contributed by atoms with Gasteiger partial charge in [-0.1, -0.05) is 25.1 Å². The summed E-state index contributed by atoms with van der Waals surface area (Å²) in [6.45, 7) is 3.97. The first kappa shape index (κ1) is 13.8. The summed E-state index contributed by atoms with van der Waals surface area (Å²) < 4.78 is 5.51. The monoisotopic (exact) mass is 286 g/mol. The van der Waals surface area contributed by atoms with Crippen molar-refractivity contribution in [1.82, 2.24) is 9.88 Å². The second kappa shape index (κ2) is 5.69. The van der Waals surface area contributed by atoms with Crippen molar-refractivity contribution in [2.45, 2.75) is 13.5 Å². The highest BCUT2D eigenvalue weighted by molar-refractivity contribution is 5.71. The molecule has 0 bridgehead atoms. The minimum absolute atomic E-state index is 0.169. The lowest BCUT2D eigenvalue weighted by molar-refractivity contribution is -0.142. The average molecular weight is 286 g/mol. The van der Waals surface area contributed by atoms with Gasteiger partial charge in [0.15, 0.2) is 0 Å². The summed E-state index contributed by atoms with van der Waals surface area (Å²) in [5.74, 6) is -0.226. The largest absolute Gasteiger partial charge is 0.481 e. The van der Waals surface area contributed by atoms with Crippen molar-refractivity contribution in [3.05, 3.63) is 42.3 Å². The Bertz CT molecular complexity index is 623. The Kier molecular flexibility index (Phi) is 3.75. The first-order valence-corrected chi connectivity index (χ1v) is 7.08. The summed E-state index contributed by atoms with van der Waals surface area (Å²) in [5.41, 5.74) is 1.79. The summed E-state index contributed by atoms with van der Waals surface area (Å²) in [6.07, 6.45) is 1.65. The van der Waals surface area contributed by atoms with Gasteiger partial charge in [0.05, 0.1) is 11.6 Å². The predicted molar refractivity (Wildman–Crippen MR) is 77.5 cm³/mol. The van der Waals surface area contributed by atoms with E-state index in [2.05, 4.69) is 9.88 Å². The summed E-state index contributed by atoms with van der Waals surface area (Å²) in [4.78, 5) is 17.7. The van der Waals surface area contributed by atoms with Gasteiger partial charge in [-0.2, -0.15) is 0 Å². The number of aliphatic carboxylic acids is 1. The standard InChI is InChI=1S/C16H18N2O3/c1-11-7-18(9-14(11)16(19)20)8-13-10-21-15(17-13)12-5-3-2-4-6-12/h2-6,10-11,14H,7-9H2,1H3,(H,19,20). The smallest absolute Gasteiger partial charge is 0.308 e. The molecule has 21 heavy (non-hydrogen) atoms. The van der Waals surface area contributed by atoms with Crippen molar-refractivity contribution in [3.63, 3.8) is 0 Å². The topological polar surface area (TPSA) is 66.6 Å². The van der Waals surface area contributed by atoms with Gasteiger partial charge < -0.3 is 9.52 Å². The van der Waals surface area contributed by atoms with E-state index in [0.29, 0.717) is 19.0 Å². The van der Waals surface area contributed by atoms with Gasteiger partial charge in [0.2, 0.25) is 5.89 Å². The molecule has 1 aromatic heterocycles. The first-order chi connectivity index (χ1) is 10.1. The third kappa shape index (κ3) is 2.97. The zero-order valence-electron chi connectivity index (χ0n) is 11.9. The maximum Gasteiger partial charge on any atom is 0.308 e. The molecule has 110 valence electrons. The fraction of sp³-hybridized carbons (Fsp3) is 0.375. The van der Waals surface area contributed by atoms with Crippen LogP contribution in [0.1, 0.15) is 12.6 Å². The highest BCUT2D eigenvalue weighted by Gasteiger charge is 2.34. The van der Waals surface area contributed by atoms with E-state index in [1.54, 1.807) is 6.26 Å². The number of hydrogen-bond acceptors (Lipinski definition) is 4. The molecule has 2 aromatic rings. The Hall–Kier alpha value is -2.14. The van der Waals surface area contributed by atoms with Gasteiger partial charge in [-0.25, -0.2) is 4.98 Å². The number of hydrogen-bond donors (Lipinski definition) is 1. The van der Waals surface area contributed by atoms with E-state index in [-0.39, 0.29) is 11.8 Å². The Morgan fingerprint density at radius 2 is 2.14 bits per heavy atom. The number of carbonyl (C=O) groups is 1. The number of nitrogens with zero attached hydrogens (tertiary/aromatic N) is 2. The van der Waals surface area contributed by atoms with Crippen LogP contribution in [-0.2, 0) is 11.3 Å². The van der Waals surface area contributed by atoms with Crippen LogP contribution >= 0.6 is 0 Å². The zero-order valence-corrected chi connectivity index (χ0v) is 11.9. The molecule has 2 atom stereocenters. The van der Waals surface area contributed by atoms with Crippen molar-refractivity contribution in [1.29, 1.82) is 0 Å². The van der Waals surface area contributed by atoms with E-state index < -0.39 is 5.97 Å². The number of rotatable bonds is 4. The van der Waals surface area contributed by atoms with Crippen LogP contribution in [0.4, 0.5) is 0 Å². The molecular formula is C16H18N2O3. The molecule has 1 aliphatic rings. The van der Waals surface area contributed by atoms with E-state index in [0.717, 1.165) is 17.8 Å². The van der Waals surface area contributed by atoms with Crippen LogP contribution in [0.15, 0.2) is 41.0 Å². The van der Waals surface area contributed by atoms with Crippen LogP contribution in [0.3, 0.4) is 0 Å². The average Bonchev–Trinajstić information content (AvgIpc) is 3.07. The quantitative estimate of drug-likeness (QED) is 0.935. The van der Waals surface area contributed by atoms with Gasteiger partial charge in [0.25, 0.3) is 0 Å². The minimum atomic E-state index is -0.713. The van der Waals surface area contributed by atoms with Gasteiger partial charge in [-0.3, -0.25) is 9.69 Å². The van der Waals surface area contributed by atoms with Crippen molar-refractivity contribution >= 4 is 5.97 Å². The molecule has 0 aliphatic carbocycles. The maximum atomic E-state index is 11.1. The SMILES string of the molecule is CC1CN(Cc2coc(-c3ccccc3)n2)CC1C(=O)O. The normalized spacial score (nSPS) is 22.5. The van der Waals surface area contributed by atoms with Crippen molar-refractivity contribution in [2.75, 3.05) is 13.1 Å². The Morgan fingerprint density at radius 3 is 2.81 bits per heavy atom. The predicted octanol–water partition coefficient (Wildman–Crippen LogP) is 2.49. The van der Waals surface area contributed by atoms with Crippen LogP contribution in [0.5, 0.6) is 0 Å². The van der Waals surface area contributed by atoms with Crippen molar-refractivity contribution < 1.29 is 14.3 Å². The molecule has 1 aliphatic heterocycles. The Labute approximate surface area is 123 Å². The first-order valence-electron chi connectivity index (χ1n) is 7.08. The molecule has 2 unspecified atom stereocenters. The second-order valence-corrected chi connectivity index (χ2v) is 5.63. The molecule has 1 aromatic carbocycles. The molecule has 5 nitrogen and oxygen atoms in total. The highest BCUT2D eigenvalue weighted by atomic mass is 16.4. The highest BCUT2D eigenvalue weighted by Crippen LogP contribution is 2.25. The zero-order chi connectivity index (χ0) is 14.8. The van der Waals surface area contributed by atoms with Gasteiger partial charge >= 0.3 is 5.97 Å². The number of aromatic nitrogens is 1. The third-order valence-electron chi connectivity index (χ3n) is 3.96. The van der Waals surface area contributed by atoms with Crippen LogP contribution in [0, 0.1) is 11.8 Å². The van der Waals surface area contributed by atoms with E-state index in [4.69, 9.17) is 9.52 Å². The summed E-state index contributed by atoms with van der Waals surface area (Å²) >= 11 is 0. The fourth-order valence-electron chi connectivity index (χ4n) is 2.84. The Balaban J connectivity index is 1.67. The van der Waals surface area contributed by atoms with Crippen LogP contribution in [0.25, 0.3) is 11.5 Å². The fourth-order valence-corrected chi connectivity index (χ4v) is 2.84. The van der Waals surface area contributed by atoms with Crippen molar-refractivity contribution in [3.8, 4) is 11.5 Å². The third-order valence-corrected chi connectivity index (χ3v) is 3.96. The van der Waals surface area contributed by atoms with Gasteiger partial charge in [0.1, 0.15) is 6.26 Å². The van der Waals surface area contributed by atoms with E-state index in [1.807, 2.05) is 37.3 Å². The Morgan fingerprint density at radius 1 is 1.38 bits per heavy atom. The molecule has 3 rings (SSSR count). The van der Waals surface area contributed by atoms with Crippen molar-refractivity contribution in [2.24, 2.45) is 11.8 Å². The molecule has 1 saturated heterocycles. The second-order valence-electron chi connectivity index (χ2n) is 5.63. The van der Waals surface area contributed by atoms with E-state index >= 15 is 0 Å². The van der Waals surface area contributed by atoms with Gasteiger partial charge in [-0.15, -0.1) is 0 Å². The van der Waals surface area contributed by atoms with E-state index in [1.165, 1.54) is 0 Å². The van der Waals surface area contributed by atoms with Gasteiger partial charge in [0, 0.05) is 25.2 Å². The van der Waals surface area contributed by atoms with E-state index in [9.17, 15) is 4.79 Å². The molecule has 0 radical (unpaired) electrons. The minimum Gasteiger partial charge on any atom is -0.481 e. The van der Waals surface area contributed by atoms with Gasteiger partial charge in [-0.05, 0) is 18.1 Å². The number of oxazole rings is 1. The molecule has 2 heterocycles. The number of carboxylic acids is 1. The molecule has 5 heteroatoms. The molecule has 1 N–H and O–H groups in total. The molecule has 0 spiro atoms. The molecular weight excluding hydrogens is 268 g/mol. The summed E-state index contributed by atoms with van der Waals surface area (Å²) in [5, 5.41) is 9.16. The lowest BCUT2D eigenvalue weighted by Crippen LogP contribution is -2.23. The molecule has 1 fully saturated rings. The summed E-state index contributed by atoms with van der Waals surface area (Å²) in [6, 6.07) is 9.74. The maximum absolute atomic E-state index is 11.1. The summed E-state index contributed by atoms with van der Waals surface area (Å²) in [7, 11) is 0. The molecule has 0 amide bonds. The van der Waals surface area contributed by atoms with Crippen LogP contribution in [-0.4, -0.2) is 34.0 Å². The number of carboxylic acid groups (broad SMARTS) is 1.